The minimum absolute atomic E-state index is 0.0801. The Hall–Kier alpha value is -1.83. The molecule has 4 rings (SSSR count). The second kappa shape index (κ2) is 15.9. The summed E-state index contributed by atoms with van der Waals surface area (Å²) in [6.45, 7) is 0. The van der Waals surface area contributed by atoms with Gasteiger partial charge in [-0.3, -0.25) is 0 Å². The van der Waals surface area contributed by atoms with Crippen LogP contribution >= 0.6 is 60.7 Å². The van der Waals surface area contributed by atoms with Crippen molar-refractivity contribution in [3.63, 3.8) is 0 Å². The predicted octanol–water partition coefficient (Wildman–Crippen LogP) is 8.67. The fraction of sp³-hybridized carbons (Fsp3) is 0.111. The third-order valence-electron chi connectivity index (χ3n) is 5.55. The van der Waals surface area contributed by atoms with Gasteiger partial charge < -0.3 is 0 Å². The van der Waals surface area contributed by atoms with Gasteiger partial charge in [-0.1, -0.05) is 0 Å². The van der Waals surface area contributed by atoms with Crippen molar-refractivity contribution >= 4 is 91.1 Å². The zero-order chi connectivity index (χ0) is 38.0. The van der Waals surface area contributed by atoms with Gasteiger partial charge in [0.25, 0.3) is 0 Å². The third kappa shape index (κ3) is 10.2. The van der Waals surface area contributed by atoms with E-state index in [0.29, 0.717) is 0 Å². The minimum atomic E-state index is -6.28. The van der Waals surface area contributed by atoms with Crippen LogP contribution in [0.4, 0.5) is 39.5 Å². The molecule has 4 aromatic carbocycles. The van der Waals surface area contributed by atoms with Gasteiger partial charge in [-0.15, -0.1) is 0 Å². The van der Waals surface area contributed by atoms with Crippen molar-refractivity contribution in [1.29, 1.82) is 0 Å². The number of halogens is 12. The van der Waals surface area contributed by atoms with Crippen molar-refractivity contribution in [3.8, 4) is 0 Å². The Kier molecular flexibility index (Phi) is 13.0. The normalized spacial score (nSPS) is 14.2. The molecule has 4 aromatic rings. The van der Waals surface area contributed by atoms with Gasteiger partial charge in [0.2, 0.25) is 0 Å². The SMILES string of the molecule is O=S(=O)(OI(c1ccccc1)c1ccc(I(OS(=O)(=O)C(F)(F)F)c2ccc(I(OS(=O)(=O)C(F)(F)F)c3ccccc3)cc2)cc1)C(F)(F)F. The van der Waals surface area contributed by atoms with E-state index in [1.165, 1.54) is 60.7 Å². The molecule has 0 aliphatic heterocycles. The summed E-state index contributed by atoms with van der Waals surface area (Å²) in [7, 11) is -18.5. The van der Waals surface area contributed by atoms with Gasteiger partial charge in [-0.2, -0.15) is 0 Å². The molecule has 0 N–H and O–H groups in total. The molecule has 51 heavy (non-hydrogen) atoms. The topological polar surface area (TPSA) is 130 Å². The van der Waals surface area contributed by atoms with E-state index >= 15 is 0 Å². The molecule has 0 aromatic heterocycles. The summed E-state index contributed by atoms with van der Waals surface area (Å²) in [5.41, 5.74) is -17.5. The van der Waals surface area contributed by atoms with Gasteiger partial charge in [-0.05, 0) is 0 Å². The van der Waals surface area contributed by atoms with E-state index in [4.69, 9.17) is 0 Å². The average Bonchev–Trinajstić information content (AvgIpc) is 3.05. The molecule has 0 heterocycles. The Morgan fingerprint density at radius 1 is 0.333 bits per heavy atom. The zero-order valence-corrected chi connectivity index (χ0v) is 33.2. The van der Waals surface area contributed by atoms with E-state index in [1.807, 2.05) is 0 Å². The van der Waals surface area contributed by atoms with Crippen LogP contribution in [0.5, 0.6) is 0 Å². The number of rotatable bonds is 12. The molecule has 0 radical (unpaired) electrons. The van der Waals surface area contributed by atoms with Crippen LogP contribution in [0.3, 0.4) is 0 Å². The molecule has 9 nitrogen and oxygen atoms in total. The molecule has 0 saturated carbocycles. The van der Waals surface area contributed by atoms with Crippen molar-refractivity contribution in [2.45, 2.75) is 16.5 Å². The van der Waals surface area contributed by atoms with Crippen LogP contribution in [-0.2, 0) is 37.9 Å². The summed E-state index contributed by atoms with van der Waals surface area (Å²) < 4.78 is 205. The van der Waals surface area contributed by atoms with Gasteiger partial charge in [-0.25, -0.2) is 0 Å². The average molecular weight is 1130 g/mol. The molecule has 0 bridgehead atoms. The van der Waals surface area contributed by atoms with Gasteiger partial charge >= 0.3 is 311 Å². The molecular weight excluding hydrogens is 1120 g/mol. The molecule has 0 saturated heterocycles. The van der Waals surface area contributed by atoms with Crippen LogP contribution in [0, 0.1) is 21.4 Å². The first kappa shape index (κ1) is 41.9. The van der Waals surface area contributed by atoms with Crippen molar-refractivity contribution in [2.75, 3.05) is 0 Å². The molecule has 24 heteroatoms. The van der Waals surface area contributed by atoms with Crippen molar-refractivity contribution in [2.24, 2.45) is 0 Å². The van der Waals surface area contributed by atoms with E-state index in [2.05, 4.69) is 7.54 Å². The first-order valence-electron chi connectivity index (χ1n) is 12.9. The molecule has 0 atom stereocenters. The Morgan fingerprint density at radius 2 is 0.510 bits per heavy atom. The van der Waals surface area contributed by atoms with Crippen LogP contribution in [-0.4, -0.2) is 41.8 Å². The Labute approximate surface area is 307 Å². The van der Waals surface area contributed by atoms with Gasteiger partial charge in [0.05, 0.1) is 0 Å². The van der Waals surface area contributed by atoms with Crippen molar-refractivity contribution in [1.82, 2.24) is 0 Å². The second-order valence-corrected chi connectivity index (χ2v) is 28.6. The molecule has 282 valence electrons. The van der Waals surface area contributed by atoms with Crippen molar-refractivity contribution < 1.29 is 72.3 Å². The molecule has 0 amide bonds. The summed E-state index contributed by atoms with van der Waals surface area (Å²) in [6, 6.07) is 22.1. The summed E-state index contributed by atoms with van der Waals surface area (Å²) in [5, 5.41) is 0. The van der Waals surface area contributed by atoms with Gasteiger partial charge in [0, 0.05) is 0 Å². The fourth-order valence-electron chi connectivity index (χ4n) is 3.33. The Balaban J connectivity index is 1.79. The molecule has 0 fully saturated rings. The summed E-state index contributed by atoms with van der Waals surface area (Å²) in [5.74, 6) is 0. The number of hydrogen-bond donors (Lipinski definition) is 0. The Morgan fingerprint density at radius 3 is 0.686 bits per heavy atom. The zero-order valence-electron chi connectivity index (χ0n) is 24.3. The number of alkyl halides is 9. The van der Waals surface area contributed by atoms with Crippen molar-refractivity contribution in [3.05, 3.63) is 131 Å². The quantitative estimate of drug-likeness (QED) is 0.0778. The summed E-state index contributed by atoms with van der Waals surface area (Å²) in [6.07, 6.45) is 0. The predicted molar refractivity (Wildman–Crippen MR) is 188 cm³/mol. The van der Waals surface area contributed by atoms with Crippen LogP contribution in [0.15, 0.2) is 109 Å². The van der Waals surface area contributed by atoms with E-state index in [1.54, 1.807) is 0 Å². The van der Waals surface area contributed by atoms with E-state index in [0.717, 1.165) is 48.5 Å². The second-order valence-electron chi connectivity index (χ2n) is 9.10. The van der Waals surface area contributed by atoms with Crippen LogP contribution in [0.2, 0.25) is 0 Å². The van der Waals surface area contributed by atoms with E-state index < -0.39 is 108 Å². The molecule has 0 aliphatic rings. The van der Waals surface area contributed by atoms with Crippen LogP contribution < -0.4 is 0 Å². The van der Waals surface area contributed by atoms with Gasteiger partial charge in [0.15, 0.2) is 0 Å². The fourth-order valence-corrected chi connectivity index (χ4v) is 22.7. The third-order valence-corrected chi connectivity index (χ3v) is 26.7. The van der Waals surface area contributed by atoms with Gasteiger partial charge in [0.1, 0.15) is 0 Å². The summed E-state index contributed by atoms with van der Waals surface area (Å²) >= 11 is -12.2. The molecule has 0 spiro atoms. The Bertz CT molecular complexity index is 2000. The monoisotopic (exact) mass is 1130 g/mol. The maximum absolute atomic E-state index is 13.4. The van der Waals surface area contributed by atoms with Crippen LogP contribution in [0.1, 0.15) is 0 Å². The standard InChI is InChI=1S/C27H18F9I3O9S3/c28-25(29,30)49(40,41)46-37(19-7-3-1-4-8-19)21-11-15-23(16-12-21)39(48-51(44,45)27(34,35)36)24-17-13-22(14-18-24)38(20-9-5-2-6-10-20)47-50(42,43)26(31,32)33/h1-18H. The number of benzene rings is 4. The maximum atomic E-state index is 13.4. The number of hydrogen-bond acceptors (Lipinski definition) is 9. The first-order chi connectivity index (χ1) is 23.4. The van der Waals surface area contributed by atoms with E-state index in [-0.39, 0.29) is 21.4 Å². The molecule has 0 aliphatic carbocycles. The first-order valence-corrected chi connectivity index (χ1v) is 26.2. The molecular formula is C27H18F9I3O9S3. The molecule has 0 unspecified atom stereocenters. The van der Waals surface area contributed by atoms with Crippen LogP contribution in [0.25, 0.3) is 0 Å². The van der Waals surface area contributed by atoms with E-state index in [9.17, 15) is 64.8 Å². The summed E-state index contributed by atoms with van der Waals surface area (Å²) in [4.78, 5) is 0.